The second kappa shape index (κ2) is 9.59. The lowest BCUT2D eigenvalue weighted by Crippen LogP contribution is -2.45. The number of carbonyl (C=O) groups is 2. The SMILES string of the molecule is CN1C(=O)C(C)(C)CN(C2CCCC2)c2nc(Nc3ccc(C(=O)NC4CCCC4)cc3O)ncc21. The molecule has 1 aliphatic heterocycles. The Labute approximate surface area is 212 Å². The van der Waals surface area contributed by atoms with E-state index >= 15 is 0 Å². The average Bonchev–Trinajstić information content (AvgIpc) is 3.56. The van der Waals surface area contributed by atoms with E-state index in [4.69, 9.17) is 4.98 Å². The fraction of sp³-hybridized carbons (Fsp3) is 0.556. The molecule has 9 heteroatoms. The van der Waals surface area contributed by atoms with Crippen molar-refractivity contribution in [3.63, 3.8) is 0 Å². The summed E-state index contributed by atoms with van der Waals surface area (Å²) in [6, 6.07) is 5.37. The Morgan fingerprint density at radius 3 is 2.50 bits per heavy atom. The molecule has 1 aromatic carbocycles. The monoisotopic (exact) mass is 492 g/mol. The number of fused-ring (bicyclic) bond motifs is 1. The molecule has 5 rings (SSSR count). The first kappa shape index (κ1) is 24.3. The lowest BCUT2D eigenvalue weighted by atomic mass is 9.91. The van der Waals surface area contributed by atoms with Gasteiger partial charge in [0.1, 0.15) is 11.4 Å². The number of carbonyl (C=O) groups excluding carboxylic acids is 2. The summed E-state index contributed by atoms with van der Waals surface area (Å²) in [6.45, 7) is 4.55. The predicted molar refractivity (Wildman–Crippen MR) is 140 cm³/mol. The molecule has 0 radical (unpaired) electrons. The molecule has 3 N–H and O–H groups in total. The molecule has 2 heterocycles. The molecule has 2 saturated carbocycles. The number of phenolic OH excluding ortho intramolecular Hbond substituents is 1. The van der Waals surface area contributed by atoms with E-state index in [-0.39, 0.29) is 23.6 Å². The normalized spacial score (nSPS) is 20.4. The number of aromatic nitrogens is 2. The van der Waals surface area contributed by atoms with E-state index in [0.717, 1.165) is 44.3 Å². The first-order valence-corrected chi connectivity index (χ1v) is 13.1. The van der Waals surface area contributed by atoms with Crippen molar-refractivity contribution in [3.8, 4) is 5.75 Å². The number of hydrogen-bond donors (Lipinski definition) is 3. The first-order chi connectivity index (χ1) is 17.2. The van der Waals surface area contributed by atoms with Crippen LogP contribution >= 0.6 is 0 Å². The number of phenols is 1. The molecule has 0 spiro atoms. The number of nitrogens with zero attached hydrogens (tertiary/aromatic N) is 4. The Morgan fingerprint density at radius 1 is 1.11 bits per heavy atom. The van der Waals surface area contributed by atoms with Gasteiger partial charge in [-0.25, -0.2) is 4.98 Å². The van der Waals surface area contributed by atoms with Crippen LogP contribution in [0.5, 0.6) is 5.75 Å². The van der Waals surface area contributed by atoms with E-state index in [0.29, 0.717) is 35.5 Å². The van der Waals surface area contributed by atoms with Crippen molar-refractivity contribution in [2.45, 2.75) is 77.3 Å². The molecule has 1 aromatic heterocycles. The van der Waals surface area contributed by atoms with E-state index in [1.807, 2.05) is 13.8 Å². The van der Waals surface area contributed by atoms with Gasteiger partial charge in [-0.15, -0.1) is 0 Å². The second-order valence-electron chi connectivity index (χ2n) is 11.0. The molecule has 9 nitrogen and oxygen atoms in total. The zero-order chi connectivity index (χ0) is 25.4. The Balaban J connectivity index is 1.40. The summed E-state index contributed by atoms with van der Waals surface area (Å²) in [5.74, 6) is 0.877. The van der Waals surface area contributed by atoms with Crippen molar-refractivity contribution >= 4 is 35.0 Å². The lowest BCUT2D eigenvalue weighted by molar-refractivity contribution is -0.125. The minimum absolute atomic E-state index is 0.0395. The highest BCUT2D eigenvalue weighted by Gasteiger charge is 2.41. The second-order valence-corrected chi connectivity index (χ2v) is 11.0. The Kier molecular flexibility index (Phi) is 6.49. The molecular weight excluding hydrogens is 456 g/mol. The maximum absolute atomic E-state index is 13.2. The third-order valence-corrected chi connectivity index (χ3v) is 7.79. The highest BCUT2D eigenvalue weighted by molar-refractivity contribution is 6.01. The van der Waals surface area contributed by atoms with Crippen LogP contribution in [-0.4, -0.2) is 52.6 Å². The number of anilines is 4. The topological polar surface area (TPSA) is 111 Å². The largest absolute Gasteiger partial charge is 0.506 e. The average molecular weight is 493 g/mol. The van der Waals surface area contributed by atoms with Gasteiger partial charge in [-0.1, -0.05) is 25.7 Å². The lowest BCUT2D eigenvalue weighted by Gasteiger charge is -2.34. The van der Waals surface area contributed by atoms with Crippen LogP contribution in [0.2, 0.25) is 0 Å². The fourth-order valence-corrected chi connectivity index (χ4v) is 5.76. The van der Waals surface area contributed by atoms with Crippen molar-refractivity contribution in [1.82, 2.24) is 15.3 Å². The maximum atomic E-state index is 13.2. The van der Waals surface area contributed by atoms with Crippen molar-refractivity contribution in [3.05, 3.63) is 30.0 Å². The van der Waals surface area contributed by atoms with E-state index < -0.39 is 5.41 Å². The van der Waals surface area contributed by atoms with E-state index in [1.54, 1.807) is 30.3 Å². The molecule has 2 fully saturated rings. The highest BCUT2D eigenvalue weighted by Crippen LogP contribution is 2.40. The predicted octanol–water partition coefficient (Wildman–Crippen LogP) is 4.35. The molecule has 2 aliphatic carbocycles. The molecule has 0 bridgehead atoms. The highest BCUT2D eigenvalue weighted by atomic mass is 16.3. The number of nitrogens with one attached hydrogen (secondary N) is 2. The molecule has 36 heavy (non-hydrogen) atoms. The molecule has 3 aliphatic rings. The molecule has 0 atom stereocenters. The quantitative estimate of drug-likeness (QED) is 0.532. The van der Waals surface area contributed by atoms with E-state index in [1.165, 1.54) is 18.9 Å². The number of hydrogen-bond acceptors (Lipinski definition) is 7. The van der Waals surface area contributed by atoms with Crippen LogP contribution in [0.4, 0.5) is 23.1 Å². The van der Waals surface area contributed by atoms with Crippen LogP contribution in [-0.2, 0) is 4.79 Å². The molecule has 192 valence electrons. The minimum atomic E-state index is -0.557. The summed E-state index contributed by atoms with van der Waals surface area (Å²) < 4.78 is 0. The van der Waals surface area contributed by atoms with E-state index in [9.17, 15) is 14.7 Å². The zero-order valence-electron chi connectivity index (χ0n) is 21.4. The summed E-state index contributed by atoms with van der Waals surface area (Å²) >= 11 is 0. The van der Waals surface area contributed by atoms with E-state index in [2.05, 4.69) is 20.5 Å². The molecule has 2 aromatic rings. The Morgan fingerprint density at radius 2 is 1.81 bits per heavy atom. The van der Waals surface area contributed by atoms with Gasteiger partial charge in [-0.05, 0) is 57.7 Å². The van der Waals surface area contributed by atoms with Crippen molar-refractivity contribution < 1.29 is 14.7 Å². The van der Waals surface area contributed by atoms with Crippen LogP contribution < -0.4 is 20.4 Å². The summed E-state index contributed by atoms with van der Waals surface area (Å²) in [5, 5.41) is 16.8. The van der Waals surface area contributed by atoms with Crippen LogP contribution in [0.25, 0.3) is 0 Å². The van der Waals surface area contributed by atoms with Gasteiger partial charge >= 0.3 is 0 Å². The van der Waals surface area contributed by atoms with Gasteiger partial charge in [0.25, 0.3) is 5.91 Å². The van der Waals surface area contributed by atoms with Crippen LogP contribution in [0.15, 0.2) is 24.4 Å². The molecular formula is C27H36N6O3. The zero-order valence-corrected chi connectivity index (χ0v) is 21.4. The maximum Gasteiger partial charge on any atom is 0.251 e. The summed E-state index contributed by atoms with van der Waals surface area (Å²) in [4.78, 5) is 39.0. The van der Waals surface area contributed by atoms with Gasteiger partial charge in [0.2, 0.25) is 11.9 Å². The third kappa shape index (κ3) is 4.70. The van der Waals surface area contributed by atoms with Gasteiger partial charge in [0.05, 0.1) is 17.3 Å². The Hall–Kier alpha value is -3.36. The van der Waals surface area contributed by atoms with Crippen molar-refractivity contribution in [2.75, 3.05) is 28.7 Å². The molecule has 2 amide bonds. The number of benzene rings is 1. The number of amides is 2. The summed E-state index contributed by atoms with van der Waals surface area (Å²) in [6.07, 6.45) is 10.4. The molecule has 0 unspecified atom stereocenters. The Bertz CT molecular complexity index is 1150. The smallest absolute Gasteiger partial charge is 0.251 e. The van der Waals surface area contributed by atoms with Crippen LogP contribution in [0, 0.1) is 5.41 Å². The van der Waals surface area contributed by atoms with Gasteiger partial charge in [-0.3, -0.25) is 9.59 Å². The van der Waals surface area contributed by atoms with Crippen molar-refractivity contribution in [2.24, 2.45) is 5.41 Å². The fourth-order valence-electron chi connectivity index (χ4n) is 5.76. The van der Waals surface area contributed by atoms with Crippen LogP contribution in [0.1, 0.15) is 75.6 Å². The van der Waals surface area contributed by atoms with Gasteiger partial charge in [-0.2, -0.15) is 4.98 Å². The van der Waals surface area contributed by atoms with Gasteiger partial charge in [0.15, 0.2) is 5.82 Å². The third-order valence-electron chi connectivity index (χ3n) is 7.79. The summed E-state index contributed by atoms with van der Waals surface area (Å²) in [7, 11) is 1.78. The summed E-state index contributed by atoms with van der Waals surface area (Å²) in [5.41, 5.74) is 0.964. The number of aromatic hydroxyl groups is 1. The minimum Gasteiger partial charge on any atom is -0.506 e. The number of rotatable bonds is 5. The standard InChI is InChI=1S/C27H36N6O3/c1-27(2)16-33(19-10-6-7-11-19)23-21(32(3)25(27)36)15-28-26(31-23)30-20-13-12-17(14-22(20)34)24(35)29-18-8-4-5-9-18/h12-15,18-19,34H,4-11,16H2,1-3H3,(H,29,35)(H,28,30,31). The van der Waals surface area contributed by atoms with Crippen LogP contribution in [0.3, 0.4) is 0 Å². The van der Waals surface area contributed by atoms with Crippen molar-refractivity contribution in [1.29, 1.82) is 0 Å². The first-order valence-electron chi connectivity index (χ1n) is 13.1. The molecule has 0 saturated heterocycles. The van der Waals surface area contributed by atoms with Gasteiger partial charge < -0.3 is 25.5 Å². The van der Waals surface area contributed by atoms with Gasteiger partial charge in [0, 0.05) is 31.2 Å².